The molecule has 4 nitrogen and oxygen atoms in total. The van der Waals surface area contributed by atoms with Crippen molar-refractivity contribution < 1.29 is 9.47 Å². The van der Waals surface area contributed by atoms with Gasteiger partial charge in [-0.25, -0.2) is 0 Å². The number of benzene rings is 3. The minimum Gasteiger partial charge on any atom is -0.490 e. The van der Waals surface area contributed by atoms with Gasteiger partial charge in [0.25, 0.3) is 0 Å². The molecule has 0 amide bonds. The molecule has 0 saturated heterocycles. The first-order valence-electron chi connectivity index (χ1n) is 12.2. The average Bonchev–Trinajstić information content (AvgIpc) is 3.38. The van der Waals surface area contributed by atoms with E-state index in [-0.39, 0.29) is 12.6 Å². The van der Waals surface area contributed by atoms with Crippen LogP contribution in [-0.2, 0) is 0 Å². The fourth-order valence-electron chi connectivity index (χ4n) is 5.07. The molecule has 1 heterocycles. The zero-order valence-corrected chi connectivity index (χ0v) is 20.2. The number of hydrogen-bond donors (Lipinski definition) is 1. The van der Waals surface area contributed by atoms with E-state index in [0.29, 0.717) is 29.9 Å². The summed E-state index contributed by atoms with van der Waals surface area (Å²) in [5.74, 6) is 4.80. The Morgan fingerprint density at radius 3 is 2.71 bits per heavy atom. The Kier molecular flexibility index (Phi) is 6.59. The molecular weight excluding hydrogens is 432 g/mol. The highest BCUT2D eigenvalue weighted by atomic mass is 16.5. The molecule has 176 valence electrons. The molecule has 1 N–H and O–H groups in total. The largest absolute Gasteiger partial charge is 0.490 e. The van der Waals surface area contributed by atoms with E-state index in [4.69, 9.17) is 15.9 Å². The molecule has 0 spiro atoms. The van der Waals surface area contributed by atoms with Gasteiger partial charge in [-0.15, -0.1) is 6.42 Å². The predicted molar refractivity (Wildman–Crippen MR) is 143 cm³/mol. The second kappa shape index (κ2) is 10.1. The van der Waals surface area contributed by atoms with Gasteiger partial charge >= 0.3 is 0 Å². The van der Waals surface area contributed by atoms with Gasteiger partial charge < -0.3 is 14.8 Å². The fourth-order valence-corrected chi connectivity index (χ4v) is 5.07. The van der Waals surface area contributed by atoms with E-state index in [1.54, 1.807) is 0 Å². The standard InChI is InChI=1S/C31H30N2O2/c1-4-17-35-29-16-10-22(19-30(29)34-5-2)20-32-24-13-11-23(12-14-24)31-26-8-6-7-25(26)27-18-21(3)9-15-28(27)33-31/h1,6-7,9-16,18-20,25-26,31,33H,5,8,17H2,2-3H3/t25-,26+,31+/m1/s1. The van der Waals surface area contributed by atoms with Crippen molar-refractivity contribution in [2.75, 3.05) is 18.5 Å². The van der Waals surface area contributed by atoms with Crippen LogP contribution >= 0.6 is 0 Å². The summed E-state index contributed by atoms with van der Waals surface area (Å²) in [5.41, 5.74) is 7.12. The molecule has 0 bridgehead atoms. The van der Waals surface area contributed by atoms with Crippen molar-refractivity contribution in [3.05, 3.63) is 95.1 Å². The van der Waals surface area contributed by atoms with E-state index in [2.05, 4.69) is 77.8 Å². The minimum absolute atomic E-state index is 0.207. The molecule has 3 aromatic rings. The summed E-state index contributed by atoms with van der Waals surface area (Å²) in [7, 11) is 0. The summed E-state index contributed by atoms with van der Waals surface area (Å²) >= 11 is 0. The van der Waals surface area contributed by atoms with Crippen LogP contribution in [0.5, 0.6) is 11.5 Å². The Bertz CT molecular complexity index is 1300. The summed E-state index contributed by atoms with van der Waals surface area (Å²) in [6.07, 6.45) is 13.0. The fraction of sp³-hybridized carbons (Fsp3) is 0.258. The zero-order chi connectivity index (χ0) is 24.2. The van der Waals surface area contributed by atoms with E-state index >= 15 is 0 Å². The molecule has 0 saturated carbocycles. The topological polar surface area (TPSA) is 42.8 Å². The Morgan fingerprint density at radius 1 is 1.06 bits per heavy atom. The number of terminal acetylenes is 1. The monoisotopic (exact) mass is 462 g/mol. The van der Waals surface area contributed by atoms with Crippen LogP contribution in [0.1, 0.15) is 47.6 Å². The average molecular weight is 463 g/mol. The molecule has 1 aliphatic heterocycles. The predicted octanol–water partition coefficient (Wildman–Crippen LogP) is 6.98. The summed E-state index contributed by atoms with van der Waals surface area (Å²) in [4.78, 5) is 4.68. The van der Waals surface area contributed by atoms with Gasteiger partial charge in [-0.05, 0) is 79.3 Å². The molecule has 0 aromatic heterocycles. The van der Waals surface area contributed by atoms with Crippen molar-refractivity contribution in [1.82, 2.24) is 0 Å². The van der Waals surface area contributed by atoms with Crippen LogP contribution < -0.4 is 14.8 Å². The molecule has 5 rings (SSSR count). The number of allylic oxidation sites excluding steroid dienone is 2. The lowest BCUT2D eigenvalue weighted by molar-refractivity contribution is 0.299. The van der Waals surface area contributed by atoms with Gasteiger partial charge in [-0.3, -0.25) is 4.99 Å². The van der Waals surface area contributed by atoms with Gasteiger partial charge in [0.2, 0.25) is 0 Å². The normalized spacial score (nSPS) is 20.1. The minimum atomic E-state index is 0.207. The Morgan fingerprint density at radius 2 is 1.91 bits per heavy atom. The van der Waals surface area contributed by atoms with Crippen LogP contribution in [0.4, 0.5) is 11.4 Å². The van der Waals surface area contributed by atoms with Crippen LogP contribution in [0.2, 0.25) is 0 Å². The molecular formula is C31H30N2O2. The third-order valence-electron chi connectivity index (χ3n) is 6.71. The van der Waals surface area contributed by atoms with Gasteiger partial charge in [-0.1, -0.05) is 47.9 Å². The number of fused-ring (bicyclic) bond motifs is 3. The van der Waals surface area contributed by atoms with Gasteiger partial charge in [0, 0.05) is 17.8 Å². The maximum absolute atomic E-state index is 5.71. The number of anilines is 1. The van der Waals surface area contributed by atoms with Gasteiger partial charge in [0.1, 0.15) is 6.61 Å². The first-order valence-corrected chi connectivity index (χ1v) is 12.2. The second-order valence-electron chi connectivity index (χ2n) is 9.05. The lowest BCUT2D eigenvalue weighted by atomic mass is 9.76. The zero-order valence-electron chi connectivity index (χ0n) is 20.2. The van der Waals surface area contributed by atoms with Gasteiger partial charge in [-0.2, -0.15) is 0 Å². The number of ether oxygens (including phenoxy) is 2. The summed E-state index contributed by atoms with van der Waals surface area (Å²) in [6.45, 7) is 4.86. The van der Waals surface area contributed by atoms with Crippen molar-refractivity contribution in [1.29, 1.82) is 0 Å². The molecule has 0 radical (unpaired) electrons. The van der Waals surface area contributed by atoms with Gasteiger partial charge in [0.15, 0.2) is 11.5 Å². The van der Waals surface area contributed by atoms with Crippen LogP contribution in [0, 0.1) is 25.2 Å². The van der Waals surface area contributed by atoms with Gasteiger partial charge in [0.05, 0.1) is 18.3 Å². The van der Waals surface area contributed by atoms with E-state index in [1.165, 1.54) is 22.4 Å². The van der Waals surface area contributed by atoms with Crippen LogP contribution in [0.15, 0.2) is 77.8 Å². The second-order valence-corrected chi connectivity index (χ2v) is 9.05. The van der Waals surface area contributed by atoms with E-state index < -0.39 is 0 Å². The number of nitrogens with zero attached hydrogens (tertiary/aromatic N) is 1. The summed E-state index contributed by atoms with van der Waals surface area (Å²) < 4.78 is 11.3. The first kappa shape index (κ1) is 22.8. The smallest absolute Gasteiger partial charge is 0.162 e. The van der Waals surface area contributed by atoms with Crippen molar-refractivity contribution in [3.63, 3.8) is 0 Å². The summed E-state index contributed by atoms with van der Waals surface area (Å²) in [5, 5.41) is 3.81. The molecule has 4 heteroatoms. The Balaban J connectivity index is 1.33. The molecule has 3 aromatic carbocycles. The molecule has 1 aliphatic carbocycles. The first-order chi connectivity index (χ1) is 17.2. The van der Waals surface area contributed by atoms with Crippen LogP contribution in [-0.4, -0.2) is 19.4 Å². The lowest BCUT2D eigenvalue weighted by Gasteiger charge is -2.37. The van der Waals surface area contributed by atoms with Crippen molar-refractivity contribution in [3.8, 4) is 23.8 Å². The highest BCUT2D eigenvalue weighted by Crippen LogP contribution is 2.50. The highest BCUT2D eigenvalue weighted by Gasteiger charge is 2.37. The van der Waals surface area contributed by atoms with Crippen molar-refractivity contribution in [2.45, 2.75) is 32.2 Å². The Hall–Kier alpha value is -3.97. The number of nitrogens with one attached hydrogen (secondary N) is 1. The number of aliphatic imine (C=N–C) groups is 1. The number of rotatable bonds is 7. The van der Waals surface area contributed by atoms with Crippen molar-refractivity contribution >= 4 is 17.6 Å². The molecule has 0 unspecified atom stereocenters. The van der Waals surface area contributed by atoms with Crippen LogP contribution in [0.25, 0.3) is 0 Å². The Labute approximate surface area is 207 Å². The molecule has 3 atom stereocenters. The van der Waals surface area contributed by atoms with E-state index in [0.717, 1.165) is 17.7 Å². The lowest BCUT2D eigenvalue weighted by Crippen LogP contribution is -2.29. The van der Waals surface area contributed by atoms with Crippen LogP contribution in [0.3, 0.4) is 0 Å². The maximum atomic E-state index is 5.71. The summed E-state index contributed by atoms with van der Waals surface area (Å²) in [6, 6.07) is 21.3. The highest BCUT2D eigenvalue weighted by molar-refractivity contribution is 5.83. The van der Waals surface area contributed by atoms with E-state index in [1.807, 2.05) is 31.3 Å². The maximum Gasteiger partial charge on any atom is 0.162 e. The third-order valence-corrected chi connectivity index (χ3v) is 6.71. The number of hydrogen-bond acceptors (Lipinski definition) is 4. The quantitative estimate of drug-likeness (QED) is 0.234. The molecule has 35 heavy (non-hydrogen) atoms. The molecule has 0 fully saturated rings. The molecule has 2 aliphatic rings. The number of aryl methyl sites for hydroxylation is 1. The third kappa shape index (κ3) is 4.81. The van der Waals surface area contributed by atoms with E-state index in [9.17, 15) is 0 Å². The SMILES string of the molecule is C#CCOc1ccc(C=Nc2ccc([C@@H]3Nc4ccc(C)cc4[C@@H]4C=CC[C@@H]43)cc2)cc1OCC. The van der Waals surface area contributed by atoms with Crippen molar-refractivity contribution in [2.24, 2.45) is 10.9 Å².